The largest absolute Gasteiger partial charge is 0.305 e. The van der Waals surface area contributed by atoms with E-state index in [0.717, 1.165) is 17.7 Å². The minimum atomic E-state index is -0.468. The summed E-state index contributed by atoms with van der Waals surface area (Å²) in [6.45, 7) is 1.98. The third-order valence-corrected chi connectivity index (χ3v) is 3.53. The molecule has 0 saturated carbocycles. The molecule has 2 aromatic carbocycles. The van der Waals surface area contributed by atoms with E-state index in [1.807, 2.05) is 31.2 Å². The summed E-state index contributed by atoms with van der Waals surface area (Å²) in [6, 6.07) is 14.0. The van der Waals surface area contributed by atoms with Crippen molar-refractivity contribution in [3.63, 3.8) is 0 Å². The zero-order valence-corrected chi connectivity index (χ0v) is 10.6. The third-order valence-electron chi connectivity index (χ3n) is 3.53. The Bertz CT molecular complexity index is 638. The van der Waals surface area contributed by atoms with Gasteiger partial charge in [0.25, 0.3) is 5.91 Å². The third kappa shape index (κ3) is 1.91. The van der Waals surface area contributed by atoms with Crippen LogP contribution in [0, 0.1) is 5.82 Å². The maximum atomic E-state index is 13.7. The van der Waals surface area contributed by atoms with E-state index in [9.17, 15) is 9.18 Å². The van der Waals surface area contributed by atoms with Crippen molar-refractivity contribution in [2.24, 2.45) is 0 Å². The van der Waals surface area contributed by atoms with Crippen LogP contribution in [0.2, 0.25) is 0 Å². The Balaban J connectivity index is 2.03. The fourth-order valence-electron chi connectivity index (χ4n) is 2.64. The minimum Gasteiger partial charge on any atom is -0.305 e. The molecule has 19 heavy (non-hydrogen) atoms. The summed E-state index contributed by atoms with van der Waals surface area (Å²) in [5.74, 6) is -0.736. The molecule has 2 aromatic rings. The van der Waals surface area contributed by atoms with Crippen molar-refractivity contribution in [1.29, 1.82) is 0 Å². The van der Waals surface area contributed by atoms with Crippen molar-refractivity contribution in [3.8, 4) is 0 Å². The van der Waals surface area contributed by atoms with Crippen LogP contribution in [-0.2, 0) is 6.42 Å². The minimum absolute atomic E-state index is 0.0597. The van der Waals surface area contributed by atoms with Crippen LogP contribution in [0.1, 0.15) is 22.8 Å². The van der Waals surface area contributed by atoms with Crippen molar-refractivity contribution in [1.82, 2.24) is 0 Å². The summed E-state index contributed by atoms with van der Waals surface area (Å²) >= 11 is 0. The normalized spacial score (nSPS) is 17.4. The van der Waals surface area contributed by atoms with Gasteiger partial charge in [0, 0.05) is 11.7 Å². The number of hydrogen-bond acceptors (Lipinski definition) is 1. The van der Waals surface area contributed by atoms with Crippen LogP contribution in [0.5, 0.6) is 0 Å². The molecule has 0 radical (unpaired) electrons. The van der Waals surface area contributed by atoms with Crippen LogP contribution in [0.4, 0.5) is 10.1 Å². The van der Waals surface area contributed by atoms with Gasteiger partial charge in [-0.05, 0) is 37.1 Å². The molecule has 0 fully saturated rings. The van der Waals surface area contributed by atoms with E-state index < -0.39 is 5.82 Å². The van der Waals surface area contributed by atoms with Crippen molar-refractivity contribution < 1.29 is 9.18 Å². The van der Waals surface area contributed by atoms with E-state index in [1.54, 1.807) is 17.0 Å². The lowest BCUT2D eigenvalue weighted by Gasteiger charge is -2.23. The molecule has 3 heteroatoms. The molecule has 3 rings (SSSR count). The van der Waals surface area contributed by atoms with Crippen LogP contribution in [0.25, 0.3) is 0 Å². The number of nitrogens with zero attached hydrogens (tertiary/aromatic N) is 1. The number of carbonyl (C=O) groups excluding carboxylic acids is 1. The van der Waals surface area contributed by atoms with Gasteiger partial charge in [0.05, 0.1) is 5.56 Å². The summed E-state index contributed by atoms with van der Waals surface area (Å²) in [5.41, 5.74) is 2.16. The van der Waals surface area contributed by atoms with E-state index in [1.165, 1.54) is 12.1 Å². The molecule has 1 aliphatic rings. The van der Waals surface area contributed by atoms with Gasteiger partial charge in [0.2, 0.25) is 0 Å². The highest BCUT2D eigenvalue weighted by atomic mass is 19.1. The number of amides is 1. The van der Waals surface area contributed by atoms with Crippen LogP contribution in [-0.4, -0.2) is 11.9 Å². The molecule has 1 heterocycles. The van der Waals surface area contributed by atoms with Crippen molar-refractivity contribution in [2.75, 3.05) is 4.90 Å². The average Bonchev–Trinajstić information content (AvgIpc) is 2.74. The van der Waals surface area contributed by atoms with Gasteiger partial charge in [-0.3, -0.25) is 4.79 Å². The van der Waals surface area contributed by atoms with Gasteiger partial charge in [-0.15, -0.1) is 0 Å². The number of halogens is 1. The van der Waals surface area contributed by atoms with Gasteiger partial charge < -0.3 is 4.90 Å². The second-order valence-electron chi connectivity index (χ2n) is 4.84. The van der Waals surface area contributed by atoms with E-state index in [-0.39, 0.29) is 17.5 Å². The first-order valence-electron chi connectivity index (χ1n) is 6.34. The van der Waals surface area contributed by atoms with E-state index in [0.29, 0.717) is 0 Å². The second kappa shape index (κ2) is 4.50. The van der Waals surface area contributed by atoms with E-state index in [2.05, 4.69) is 0 Å². The van der Waals surface area contributed by atoms with Crippen molar-refractivity contribution >= 4 is 11.6 Å². The topological polar surface area (TPSA) is 20.3 Å². The van der Waals surface area contributed by atoms with Gasteiger partial charge in [-0.2, -0.15) is 0 Å². The molecule has 1 amide bonds. The standard InChI is InChI=1S/C16H14FNO/c1-11-10-12-6-2-5-9-15(12)18(11)16(19)13-7-3-4-8-14(13)17/h2-9,11H,10H2,1H3/t11-/m0/s1. The molecule has 0 N–H and O–H groups in total. The number of hydrogen-bond donors (Lipinski definition) is 0. The molecule has 0 saturated heterocycles. The van der Waals surface area contributed by atoms with Crippen molar-refractivity contribution in [2.45, 2.75) is 19.4 Å². The Morgan fingerprint density at radius 3 is 2.63 bits per heavy atom. The molecule has 0 unspecified atom stereocenters. The molecular formula is C16H14FNO. The molecule has 2 nitrogen and oxygen atoms in total. The predicted molar refractivity (Wildman–Crippen MR) is 72.8 cm³/mol. The molecule has 96 valence electrons. The quantitative estimate of drug-likeness (QED) is 0.764. The van der Waals surface area contributed by atoms with Gasteiger partial charge in [0.15, 0.2) is 0 Å². The van der Waals surface area contributed by atoms with Crippen LogP contribution >= 0.6 is 0 Å². The number of rotatable bonds is 1. The smallest absolute Gasteiger partial charge is 0.261 e. The average molecular weight is 255 g/mol. The number of carbonyl (C=O) groups is 1. The number of fused-ring (bicyclic) bond motifs is 1. The summed E-state index contributed by atoms with van der Waals surface area (Å²) in [6.07, 6.45) is 0.816. The van der Waals surface area contributed by atoms with Crippen LogP contribution in [0.15, 0.2) is 48.5 Å². The summed E-state index contributed by atoms with van der Waals surface area (Å²) < 4.78 is 13.7. The molecule has 1 aliphatic heterocycles. The molecular weight excluding hydrogens is 241 g/mol. The summed E-state index contributed by atoms with van der Waals surface area (Å²) in [7, 11) is 0. The lowest BCUT2D eigenvalue weighted by Crippen LogP contribution is -2.36. The Labute approximate surface area is 111 Å². The number of benzene rings is 2. The highest BCUT2D eigenvalue weighted by molar-refractivity contribution is 6.07. The first-order chi connectivity index (χ1) is 9.18. The fourth-order valence-corrected chi connectivity index (χ4v) is 2.64. The highest BCUT2D eigenvalue weighted by Crippen LogP contribution is 2.33. The number of anilines is 1. The Morgan fingerprint density at radius 1 is 1.16 bits per heavy atom. The molecule has 0 aliphatic carbocycles. The zero-order valence-electron chi connectivity index (χ0n) is 10.6. The second-order valence-corrected chi connectivity index (χ2v) is 4.84. The van der Waals surface area contributed by atoms with Crippen LogP contribution in [0.3, 0.4) is 0 Å². The van der Waals surface area contributed by atoms with Crippen molar-refractivity contribution in [3.05, 3.63) is 65.5 Å². The Hall–Kier alpha value is -2.16. The lowest BCUT2D eigenvalue weighted by atomic mass is 10.1. The molecule has 1 atom stereocenters. The van der Waals surface area contributed by atoms with Gasteiger partial charge in [-0.25, -0.2) is 4.39 Å². The fraction of sp³-hybridized carbons (Fsp3) is 0.188. The first-order valence-corrected chi connectivity index (χ1v) is 6.34. The zero-order chi connectivity index (χ0) is 13.4. The molecule has 0 aromatic heterocycles. The maximum Gasteiger partial charge on any atom is 0.261 e. The van der Waals surface area contributed by atoms with Crippen LogP contribution < -0.4 is 4.90 Å². The van der Waals surface area contributed by atoms with Gasteiger partial charge >= 0.3 is 0 Å². The summed E-state index contributed by atoms with van der Waals surface area (Å²) in [4.78, 5) is 14.2. The van der Waals surface area contributed by atoms with Gasteiger partial charge in [-0.1, -0.05) is 30.3 Å². The molecule has 0 spiro atoms. The van der Waals surface area contributed by atoms with Gasteiger partial charge in [0.1, 0.15) is 5.82 Å². The predicted octanol–water partition coefficient (Wildman–Crippen LogP) is 3.42. The summed E-state index contributed by atoms with van der Waals surface area (Å²) in [5, 5.41) is 0. The monoisotopic (exact) mass is 255 g/mol. The Morgan fingerprint density at radius 2 is 1.84 bits per heavy atom. The lowest BCUT2D eigenvalue weighted by molar-refractivity contribution is 0.0977. The highest BCUT2D eigenvalue weighted by Gasteiger charge is 2.32. The Kier molecular flexibility index (Phi) is 2.82. The van der Waals surface area contributed by atoms with E-state index >= 15 is 0 Å². The number of para-hydroxylation sites is 1. The maximum absolute atomic E-state index is 13.7. The molecule has 0 bridgehead atoms. The SMILES string of the molecule is C[C@H]1Cc2ccccc2N1C(=O)c1ccccc1F. The first kappa shape index (κ1) is 11.9. The van der Waals surface area contributed by atoms with E-state index in [4.69, 9.17) is 0 Å².